The van der Waals surface area contributed by atoms with Gasteiger partial charge in [0, 0.05) is 11.8 Å². The van der Waals surface area contributed by atoms with Crippen LogP contribution < -0.4 is 5.73 Å². The summed E-state index contributed by atoms with van der Waals surface area (Å²) in [5.41, 5.74) is 4.73. The number of nitrogens with two attached hydrogens (primary N) is 1. The smallest absolute Gasteiger partial charge is 0.265 e. The molecule has 1 rings (SSSR count). The zero-order valence-electron chi connectivity index (χ0n) is 7.22. The Morgan fingerprint density at radius 2 is 2.21 bits per heavy atom. The summed E-state index contributed by atoms with van der Waals surface area (Å²) in [6.45, 7) is 1.49. The number of pyridine rings is 1. The Balaban J connectivity index is 3.45. The van der Waals surface area contributed by atoms with Gasteiger partial charge in [0.25, 0.3) is 12.3 Å². The van der Waals surface area contributed by atoms with Crippen LogP contribution in [0, 0.1) is 10.6 Å². The highest BCUT2D eigenvalue weighted by Crippen LogP contribution is 2.27. The first-order valence-electron chi connectivity index (χ1n) is 3.68. The lowest BCUT2D eigenvalue weighted by Crippen LogP contribution is -2.16. The first-order chi connectivity index (χ1) is 6.45. The Hall–Kier alpha value is -0.790. The molecule has 0 radical (unpaired) electrons. The average molecular weight is 312 g/mol. The largest absolute Gasteiger partial charge is 0.366 e. The summed E-state index contributed by atoms with van der Waals surface area (Å²) in [6, 6.07) is 0. The molecule has 0 aliphatic carbocycles. The SMILES string of the molecule is Cc1c(I)ncc(C(N)=O)c1C(F)F. The maximum atomic E-state index is 12.6. The first kappa shape index (κ1) is 11.3. The van der Waals surface area contributed by atoms with E-state index >= 15 is 0 Å². The topological polar surface area (TPSA) is 56.0 Å². The molecule has 1 amide bonds. The Bertz CT molecular complexity index is 382. The third-order valence-electron chi connectivity index (χ3n) is 1.79. The molecule has 0 aliphatic rings. The summed E-state index contributed by atoms with van der Waals surface area (Å²) >= 11 is 1.83. The molecule has 0 bridgehead atoms. The number of aromatic nitrogens is 1. The minimum atomic E-state index is -2.71. The number of amides is 1. The van der Waals surface area contributed by atoms with Crippen molar-refractivity contribution < 1.29 is 13.6 Å². The highest BCUT2D eigenvalue weighted by atomic mass is 127. The second-order valence-electron chi connectivity index (χ2n) is 2.67. The third kappa shape index (κ3) is 1.99. The van der Waals surface area contributed by atoms with Crippen LogP contribution in [-0.2, 0) is 0 Å². The van der Waals surface area contributed by atoms with Crippen LogP contribution in [0.1, 0.15) is 27.9 Å². The number of rotatable bonds is 2. The van der Waals surface area contributed by atoms with E-state index in [9.17, 15) is 13.6 Å². The number of primary amides is 1. The monoisotopic (exact) mass is 312 g/mol. The van der Waals surface area contributed by atoms with Crippen molar-refractivity contribution in [3.63, 3.8) is 0 Å². The lowest BCUT2D eigenvalue weighted by Gasteiger charge is -2.09. The van der Waals surface area contributed by atoms with E-state index in [4.69, 9.17) is 5.73 Å². The maximum Gasteiger partial charge on any atom is 0.265 e. The van der Waals surface area contributed by atoms with E-state index in [-0.39, 0.29) is 11.1 Å². The fourth-order valence-corrected chi connectivity index (χ4v) is 1.51. The number of alkyl halides is 2. The molecule has 0 unspecified atom stereocenters. The van der Waals surface area contributed by atoms with Crippen LogP contribution in [0.3, 0.4) is 0 Å². The molecule has 76 valence electrons. The molecule has 0 aromatic carbocycles. The molecule has 1 heterocycles. The Morgan fingerprint density at radius 1 is 1.64 bits per heavy atom. The van der Waals surface area contributed by atoms with Gasteiger partial charge in [-0.3, -0.25) is 4.79 Å². The van der Waals surface area contributed by atoms with Crippen molar-refractivity contribution in [1.29, 1.82) is 0 Å². The van der Waals surface area contributed by atoms with Crippen LogP contribution in [0.2, 0.25) is 0 Å². The number of hydrogen-bond acceptors (Lipinski definition) is 2. The van der Waals surface area contributed by atoms with Crippen molar-refractivity contribution >= 4 is 28.5 Å². The van der Waals surface area contributed by atoms with E-state index in [1.54, 1.807) is 0 Å². The number of carbonyl (C=O) groups is 1. The van der Waals surface area contributed by atoms with E-state index < -0.39 is 12.3 Å². The summed E-state index contributed by atoms with van der Waals surface area (Å²) in [7, 11) is 0. The van der Waals surface area contributed by atoms with E-state index in [2.05, 4.69) is 4.98 Å². The summed E-state index contributed by atoms with van der Waals surface area (Å²) in [5.74, 6) is -0.882. The minimum absolute atomic E-state index is 0.210. The van der Waals surface area contributed by atoms with Crippen molar-refractivity contribution in [2.75, 3.05) is 0 Å². The standard InChI is InChI=1S/C8H7F2IN2O/c1-3-5(6(9)10)4(8(12)14)2-13-7(3)11/h2,6H,1H3,(H2,12,14). The van der Waals surface area contributed by atoms with Gasteiger partial charge in [-0.15, -0.1) is 0 Å². The Kier molecular flexibility index (Phi) is 3.35. The van der Waals surface area contributed by atoms with Gasteiger partial charge in [-0.25, -0.2) is 13.8 Å². The normalized spacial score (nSPS) is 10.6. The number of halogens is 3. The predicted octanol–water partition coefficient (Wildman–Crippen LogP) is 2.03. The van der Waals surface area contributed by atoms with Crippen LogP contribution in [0.4, 0.5) is 8.78 Å². The average Bonchev–Trinajstić information content (AvgIpc) is 2.08. The predicted molar refractivity (Wildman–Crippen MR) is 55.2 cm³/mol. The van der Waals surface area contributed by atoms with E-state index in [1.165, 1.54) is 6.92 Å². The van der Waals surface area contributed by atoms with Gasteiger partial charge < -0.3 is 5.73 Å². The summed E-state index contributed by atoms with van der Waals surface area (Å²) in [6.07, 6.45) is -1.63. The highest BCUT2D eigenvalue weighted by Gasteiger charge is 2.21. The van der Waals surface area contributed by atoms with Crippen LogP contribution in [0.5, 0.6) is 0 Å². The van der Waals surface area contributed by atoms with Gasteiger partial charge in [0.1, 0.15) is 3.70 Å². The van der Waals surface area contributed by atoms with Gasteiger partial charge in [-0.05, 0) is 35.1 Å². The number of hydrogen-bond donors (Lipinski definition) is 1. The zero-order chi connectivity index (χ0) is 10.9. The van der Waals surface area contributed by atoms with Gasteiger partial charge in [-0.2, -0.15) is 0 Å². The highest BCUT2D eigenvalue weighted by molar-refractivity contribution is 14.1. The van der Waals surface area contributed by atoms with Crippen molar-refractivity contribution in [2.45, 2.75) is 13.3 Å². The molecule has 14 heavy (non-hydrogen) atoms. The van der Waals surface area contributed by atoms with Crippen LogP contribution in [0.15, 0.2) is 6.20 Å². The molecule has 0 spiro atoms. The van der Waals surface area contributed by atoms with E-state index in [0.29, 0.717) is 9.26 Å². The fraction of sp³-hybridized carbons (Fsp3) is 0.250. The first-order valence-corrected chi connectivity index (χ1v) is 4.76. The van der Waals surface area contributed by atoms with Crippen LogP contribution in [-0.4, -0.2) is 10.9 Å². The molecule has 2 N–H and O–H groups in total. The maximum absolute atomic E-state index is 12.6. The molecule has 0 atom stereocenters. The molecule has 0 saturated heterocycles. The van der Waals surface area contributed by atoms with Crippen molar-refractivity contribution in [3.05, 3.63) is 26.6 Å². The quantitative estimate of drug-likeness (QED) is 0.671. The van der Waals surface area contributed by atoms with Gasteiger partial charge >= 0.3 is 0 Å². The van der Waals surface area contributed by atoms with E-state index in [0.717, 1.165) is 6.20 Å². The summed E-state index contributed by atoms with van der Waals surface area (Å²) < 4.78 is 25.6. The second kappa shape index (κ2) is 4.16. The third-order valence-corrected chi connectivity index (χ3v) is 2.88. The molecular weight excluding hydrogens is 305 g/mol. The molecule has 3 nitrogen and oxygen atoms in total. The minimum Gasteiger partial charge on any atom is -0.366 e. The molecule has 1 aromatic rings. The van der Waals surface area contributed by atoms with Crippen molar-refractivity contribution in [1.82, 2.24) is 4.98 Å². The molecular formula is C8H7F2IN2O. The van der Waals surface area contributed by atoms with E-state index in [1.807, 2.05) is 22.6 Å². The van der Waals surface area contributed by atoms with Crippen molar-refractivity contribution in [3.8, 4) is 0 Å². The van der Waals surface area contributed by atoms with Gasteiger partial charge in [0.2, 0.25) is 0 Å². The number of nitrogens with zero attached hydrogens (tertiary/aromatic N) is 1. The van der Waals surface area contributed by atoms with Crippen LogP contribution in [0.25, 0.3) is 0 Å². The van der Waals surface area contributed by atoms with Gasteiger partial charge in [0.05, 0.1) is 5.56 Å². The zero-order valence-corrected chi connectivity index (χ0v) is 9.38. The molecule has 0 saturated carbocycles. The molecule has 6 heteroatoms. The second-order valence-corrected chi connectivity index (χ2v) is 3.69. The molecule has 0 aliphatic heterocycles. The summed E-state index contributed by atoms with van der Waals surface area (Å²) in [5, 5.41) is 0. The number of carbonyl (C=O) groups excluding carboxylic acids is 1. The Morgan fingerprint density at radius 3 is 2.64 bits per heavy atom. The van der Waals surface area contributed by atoms with Crippen molar-refractivity contribution in [2.24, 2.45) is 5.73 Å². The fourth-order valence-electron chi connectivity index (χ4n) is 1.08. The lowest BCUT2D eigenvalue weighted by molar-refractivity contribution is 0.0985. The molecule has 1 aromatic heterocycles. The van der Waals surface area contributed by atoms with Gasteiger partial charge in [-0.1, -0.05) is 0 Å². The summed E-state index contributed by atoms with van der Waals surface area (Å²) in [4.78, 5) is 14.6. The Labute approximate surface area is 92.8 Å². The molecule has 0 fully saturated rings. The lowest BCUT2D eigenvalue weighted by atomic mass is 10.1. The van der Waals surface area contributed by atoms with Crippen LogP contribution >= 0.6 is 22.6 Å². The van der Waals surface area contributed by atoms with Gasteiger partial charge in [0.15, 0.2) is 0 Å².